The van der Waals surface area contributed by atoms with E-state index in [0.717, 1.165) is 45.5 Å². The van der Waals surface area contributed by atoms with Crippen molar-refractivity contribution < 1.29 is 5.11 Å². The third-order valence-corrected chi connectivity index (χ3v) is 4.87. The molecule has 1 unspecified atom stereocenters. The minimum atomic E-state index is -0.505. The molecule has 2 rings (SSSR count). The number of nitrogens with zero attached hydrogens (tertiary/aromatic N) is 2. The van der Waals surface area contributed by atoms with Crippen LogP contribution in [0.15, 0.2) is 22.7 Å². The number of benzene rings is 1. The molecular weight excluding hydrogens is 328 g/mol. The van der Waals surface area contributed by atoms with E-state index in [1.807, 2.05) is 10.7 Å². The van der Waals surface area contributed by atoms with Crippen LogP contribution in [-0.4, -0.2) is 14.9 Å². The minimum absolute atomic E-state index is 0.505. The van der Waals surface area contributed by atoms with Crippen LogP contribution in [0.3, 0.4) is 0 Å². The first-order valence-electron chi connectivity index (χ1n) is 7.47. The van der Waals surface area contributed by atoms with Gasteiger partial charge in [0, 0.05) is 13.0 Å². The highest BCUT2D eigenvalue weighted by molar-refractivity contribution is 9.10. The van der Waals surface area contributed by atoms with Crippen LogP contribution in [0.4, 0.5) is 0 Å². The molecule has 1 aromatic carbocycles. The molecule has 0 aliphatic carbocycles. The van der Waals surface area contributed by atoms with Crippen molar-refractivity contribution >= 4 is 15.9 Å². The molecule has 21 heavy (non-hydrogen) atoms. The number of aromatic nitrogens is 2. The molecule has 0 bridgehead atoms. The first-order valence-corrected chi connectivity index (χ1v) is 8.27. The Morgan fingerprint density at radius 3 is 2.38 bits per heavy atom. The third-order valence-electron chi connectivity index (χ3n) is 3.96. The predicted octanol–water partition coefficient (Wildman–Crippen LogP) is 4.12. The molecule has 1 N–H and O–H groups in total. The van der Waals surface area contributed by atoms with Crippen molar-refractivity contribution in [2.45, 2.75) is 53.2 Å². The average Bonchev–Trinajstić information content (AvgIpc) is 2.75. The number of rotatable bonds is 5. The molecule has 4 heteroatoms. The Morgan fingerprint density at radius 1 is 1.24 bits per heavy atom. The van der Waals surface area contributed by atoms with Gasteiger partial charge in [-0.1, -0.05) is 25.1 Å². The normalized spacial score (nSPS) is 12.7. The summed E-state index contributed by atoms with van der Waals surface area (Å²) in [4.78, 5) is 0. The lowest BCUT2D eigenvalue weighted by molar-refractivity contribution is 0.173. The maximum atomic E-state index is 10.7. The Kier molecular flexibility index (Phi) is 5.22. The smallest absolute Gasteiger partial charge is 0.0850 e. The van der Waals surface area contributed by atoms with Gasteiger partial charge in [-0.3, -0.25) is 4.68 Å². The van der Waals surface area contributed by atoms with E-state index < -0.39 is 6.10 Å². The van der Waals surface area contributed by atoms with Gasteiger partial charge in [-0.25, -0.2) is 0 Å². The Labute approximate surface area is 135 Å². The molecule has 1 atom stereocenters. The van der Waals surface area contributed by atoms with Gasteiger partial charge in [0.15, 0.2) is 0 Å². The van der Waals surface area contributed by atoms with Gasteiger partial charge in [0.2, 0.25) is 0 Å². The van der Waals surface area contributed by atoms with E-state index in [1.54, 1.807) is 0 Å². The molecule has 2 aromatic rings. The summed E-state index contributed by atoms with van der Waals surface area (Å²) in [6.45, 7) is 9.09. The van der Waals surface area contributed by atoms with Gasteiger partial charge in [-0.15, -0.1) is 0 Å². The van der Waals surface area contributed by atoms with Gasteiger partial charge < -0.3 is 5.11 Å². The Bertz CT molecular complexity index is 614. The summed E-state index contributed by atoms with van der Waals surface area (Å²) >= 11 is 3.65. The molecular formula is C17H23BrN2O. The third kappa shape index (κ3) is 3.22. The van der Waals surface area contributed by atoms with Crippen molar-refractivity contribution in [2.75, 3.05) is 0 Å². The lowest BCUT2D eigenvalue weighted by Crippen LogP contribution is -2.11. The first-order chi connectivity index (χ1) is 9.99. The van der Waals surface area contributed by atoms with Gasteiger partial charge in [-0.2, -0.15) is 5.10 Å². The van der Waals surface area contributed by atoms with E-state index in [-0.39, 0.29) is 0 Å². The van der Waals surface area contributed by atoms with Crippen LogP contribution in [0.1, 0.15) is 48.0 Å². The standard InChI is InChI=1S/C17H23BrN2O/c1-5-13-17(18)14(20(6-2)19-13)10-15(21)16-11(3)8-7-9-12(16)4/h7-9,15,21H,5-6,10H2,1-4H3. The average molecular weight is 351 g/mol. The fraction of sp³-hybridized carbons (Fsp3) is 0.471. The monoisotopic (exact) mass is 350 g/mol. The summed E-state index contributed by atoms with van der Waals surface area (Å²) in [5, 5.41) is 15.3. The van der Waals surface area contributed by atoms with Crippen LogP contribution in [0.2, 0.25) is 0 Å². The highest BCUT2D eigenvalue weighted by atomic mass is 79.9. The molecule has 3 nitrogen and oxygen atoms in total. The minimum Gasteiger partial charge on any atom is -0.388 e. The van der Waals surface area contributed by atoms with Crippen LogP contribution in [0.25, 0.3) is 0 Å². The van der Waals surface area contributed by atoms with Crippen LogP contribution < -0.4 is 0 Å². The predicted molar refractivity (Wildman–Crippen MR) is 89.6 cm³/mol. The molecule has 0 saturated heterocycles. The zero-order chi connectivity index (χ0) is 15.6. The van der Waals surface area contributed by atoms with E-state index in [0.29, 0.717) is 6.42 Å². The maximum Gasteiger partial charge on any atom is 0.0850 e. The highest BCUT2D eigenvalue weighted by Crippen LogP contribution is 2.29. The summed E-state index contributed by atoms with van der Waals surface area (Å²) in [6.07, 6.45) is 0.960. The second-order valence-electron chi connectivity index (χ2n) is 5.40. The lowest BCUT2D eigenvalue weighted by Gasteiger charge is -2.17. The van der Waals surface area contributed by atoms with E-state index in [2.05, 4.69) is 60.9 Å². The number of aryl methyl sites for hydroxylation is 4. The highest BCUT2D eigenvalue weighted by Gasteiger charge is 2.20. The maximum absolute atomic E-state index is 10.7. The van der Waals surface area contributed by atoms with E-state index in [4.69, 9.17) is 0 Å². The molecule has 114 valence electrons. The molecule has 0 amide bonds. The first kappa shape index (κ1) is 16.2. The summed E-state index contributed by atoms with van der Waals surface area (Å²) < 4.78 is 3.02. The molecule has 0 aliphatic heterocycles. The topological polar surface area (TPSA) is 38.0 Å². The van der Waals surface area contributed by atoms with Crippen molar-refractivity contribution in [3.63, 3.8) is 0 Å². The number of halogens is 1. The number of aliphatic hydroxyl groups excluding tert-OH is 1. The Morgan fingerprint density at radius 2 is 1.86 bits per heavy atom. The second kappa shape index (κ2) is 6.75. The van der Waals surface area contributed by atoms with Crippen LogP contribution in [0, 0.1) is 13.8 Å². The summed E-state index contributed by atoms with van der Waals surface area (Å²) in [6, 6.07) is 6.13. The molecule has 0 saturated carbocycles. The Balaban J connectivity index is 2.36. The molecule has 1 aromatic heterocycles. The molecule has 0 spiro atoms. The van der Waals surface area contributed by atoms with Gasteiger partial charge in [0.05, 0.1) is 22.0 Å². The van der Waals surface area contributed by atoms with E-state index in [1.165, 1.54) is 0 Å². The fourth-order valence-electron chi connectivity index (χ4n) is 2.85. The molecule has 0 fully saturated rings. The molecule has 1 heterocycles. The quantitative estimate of drug-likeness (QED) is 0.880. The van der Waals surface area contributed by atoms with Crippen LogP contribution >= 0.6 is 15.9 Å². The van der Waals surface area contributed by atoms with Gasteiger partial charge >= 0.3 is 0 Å². The van der Waals surface area contributed by atoms with Crippen molar-refractivity contribution in [1.29, 1.82) is 0 Å². The lowest BCUT2D eigenvalue weighted by atomic mass is 9.95. The molecule has 0 aliphatic rings. The van der Waals surface area contributed by atoms with Crippen molar-refractivity contribution in [2.24, 2.45) is 0 Å². The zero-order valence-electron chi connectivity index (χ0n) is 13.2. The van der Waals surface area contributed by atoms with Crippen molar-refractivity contribution in [3.05, 3.63) is 50.8 Å². The summed E-state index contributed by atoms with van der Waals surface area (Å²) in [5.41, 5.74) is 5.44. The van der Waals surface area contributed by atoms with Crippen LogP contribution in [0.5, 0.6) is 0 Å². The fourth-order valence-corrected chi connectivity index (χ4v) is 3.58. The van der Waals surface area contributed by atoms with E-state index in [9.17, 15) is 5.11 Å². The van der Waals surface area contributed by atoms with Crippen LogP contribution in [-0.2, 0) is 19.4 Å². The number of hydrogen-bond acceptors (Lipinski definition) is 2. The van der Waals surface area contributed by atoms with Gasteiger partial charge in [0.1, 0.15) is 0 Å². The van der Waals surface area contributed by atoms with Crippen molar-refractivity contribution in [3.8, 4) is 0 Å². The summed E-state index contributed by atoms with van der Waals surface area (Å²) in [7, 11) is 0. The van der Waals surface area contributed by atoms with Gasteiger partial charge in [0.25, 0.3) is 0 Å². The van der Waals surface area contributed by atoms with E-state index >= 15 is 0 Å². The zero-order valence-corrected chi connectivity index (χ0v) is 14.7. The number of aliphatic hydroxyl groups is 1. The SMILES string of the molecule is CCc1nn(CC)c(CC(O)c2c(C)cccc2C)c1Br. The largest absolute Gasteiger partial charge is 0.388 e. The second-order valence-corrected chi connectivity index (χ2v) is 6.20. The van der Waals surface area contributed by atoms with Crippen molar-refractivity contribution in [1.82, 2.24) is 9.78 Å². The molecule has 0 radical (unpaired) electrons. The number of hydrogen-bond donors (Lipinski definition) is 1. The Hall–Kier alpha value is -1.13. The summed E-state index contributed by atoms with van der Waals surface area (Å²) in [5.74, 6) is 0. The van der Waals surface area contributed by atoms with Gasteiger partial charge in [-0.05, 0) is 59.8 Å².